The molecule has 1 saturated heterocycles. The monoisotopic (exact) mass is 253 g/mol. The van der Waals surface area contributed by atoms with E-state index in [9.17, 15) is 4.79 Å². The Labute approximate surface area is 114 Å². The molecule has 1 fully saturated rings. The largest absolute Gasteiger partial charge is 0.365 e. The van der Waals surface area contributed by atoms with Gasteiger partial charge in [0, 0.05) is 24.2 Å². The standard InChI is InChI=1S/C17H19NO/c1-17(16(19)13-8-4-3-5-9-13)12-14-10-6-7-11-15(14)18(17)2/h3-9,11,14H,10,12H2,1-2H3. The van der Waals surface area contributed by atoms with Crippen LogP contribution in [0.2, 0.25) is 0 Å². The van der Waals surface area contributed by atoms with Crippen molar-refractivity contribution in [2.75, 3.05) is 7.05 Å². The van der Waals surface area contributed by atoms with E-state index in [1.54, 1.807) is 0 Å². The number of benzene rings is 1. The Hall–Kier alpha value is -1.83. The van der Waals surface area contributed by atoms with Crippen molar-refractivity contribution in [3.05, 3.63) is 59.8 Å². The molecule has 2 atom stereocenters. The van der Waals surface area contributed by atoms with E-state index in [2.05, 4.69) is 30.1 Å². The van der Waals surface area contributed by atoms with Gasteiger partial charge in [0.15, 0.2) is 5.78 Å². The van der Waals surface area contributed by atoms with Crippen LogP contribution in [-0.4, -0.2) is 23.3 Å². The van der Waals surface area contributed by atoms with Crippen LogP contribution in [0.1, 0.15) is 30.1 Å². The Morgan fingerprint density at radius 3 is 2.74 bits per heavy atom. The molecular weight excluding hydrogens is 234 g/mol. The van der Waals surface area contributed by atoms with Gasteiger partial charge in [-0.3, -0.25) is 4.79 Å². The van der Waals surface area contributed by atoms with Gasteiger partial charge in [-0.1, -0.05) is 42.5 Å². The molecule has 2 unspecified atom stereocenters. The minimum Gasteiger partial charge on any atom is -0.365 e. The number of carbonyl (C=O) groups is 1. The predicted octanol–water partition coefficient (Wildman–Crippen LogP) is 3.42. The summed E-state index contributed by atoms with van der Waals surface area (Å²) in [7, 11) is 2.05. The van der Waals surface area contributed by atoms with E-state index in [0.717, 1.165) is 18.4 Å². The van der Waals surface area contributed by atoms with Crippen LogP contribution >= 0.6 is 0 Å². The summed E-state index contributed by atoms with van der Waals surface area (Å²) in [4.78, 5) is 15.0. The smallest absolute Gasteiger partial charge is 0.188 e. The van der Waals surface area contributed by atoms with Gasteiger partial charge >= 0.3 is 0 Å². The summed E-state index contributed by atoms with van der Waals surface area (Å²) in [6.45, 7) is 2.07. The fraction of sp³-hybridized carbons (Fsp3) is 0.353. The van der Waals surface area contributed by atoms with Crippen molar-refractivity contribution in [1.29, 1.82) is 0 Å². The summed E-state index contributed by atoms with van der Waals surface area (Å²) in [6.07, 6.45) is 8.40. The van der Waals surface area contributed by atoms with Crippen molar-refractivity contribution in [3.63, 3.8) is 0 Å². The molecule has 0 radical (unpaired) electrons. The van der Waals surface area contributed by atoms with Gasteiger partial charge in [-0.05, 0) is 25.8 Å². The van der Waals surface area contributed by atoms with Gasteiger partial charge in [0.25, 0.3) is 0 Å². The Bertz CT molecular complexity index is 558. The summed E-state index contributed by atoms with van der Waals surface area (Å²) in [5, 5.41) is 0. The number of hydrogen-bond acceptors (Lipinski definition) is 2. The lowest BCUT2D eigenvalue weighted by Gasteiger charge is -2.33. The van der Waals surface area contributed by atoms with Gasteiger partial charge in [0.05, 0.1) is 0 Å². The lowest BCUT2D eigenvalue weighted by molar-refractivity contribution is 0.0777. The molecule has 0 amide bonds. The first kappa shape index (κ1) is 12.2. The van der Waals surface area contributed by atoms with E-state index >= 15 is 0 Å². The van der Waals surface area contributed by atoms with Crippen molar-refractivity contribution < 1.29 is 4.79 Å². The first-order valence-corrected chi connectivity index (χ1v) is 6.83. The van der Waals surface area contributed by atoms with Crippen molar-refractivity contribution >= 4 is 5.78 Å². The molecule has 1 heterocycles. The minimum atomic E-state index is -0.413. The van der Waals surface area contributed by atoms with Gasteiger partial charge < -0.3 is 4.90 Å². The quantitative estimate of drug-likeness (QED) is 0.753. The second-order valence-corrected chi connectivity index (χ2v) is 5.68. The average Bonchev–Trinajstić information content (AvgIpc) is 2.72. The van der Waals surface area contributed by atoms with Gasteiger partial charge in [0.1, 0.15) is 5.54 Å². The molecule has 19 heavy (non-hydrogen) atoms. The third-order valence-electron chi connectivity index (χ3n) is 4.54. The number of nitrogens with zero attached hydrogens (tertiary/aromatic N) is 1. The topological polar surface area (TPSA) is 20.3 Å². The summed E-state index contributed by atoms with van der Waals surface area (Å²) in [5.74, 6) is 0.721. The lowest BCUT2D eigenvalue weighted by atomic mass is 9.85. The van der Waals surface area contributed by atoms with Gasteiger partial charge in [-0.25, -0.2) is 0 Å². The highest BCUT2D eigenvalue weighted by atomic mass is 16.1. The molecule has 3 rings (SSSR count). The van der Waals surface area contributed by atoms with Gasteiger partial charge in [-0.15, -0.1) is 0 Å². The van der Waals surface area contributed by atoms with E-state index < -0.39 is 5.54 Å². The Balaban J connectivity index is 1.95. The minimum absolute atomic E-state index is 0.228. The molecular formula is C17H19NO. The Morgan fingerprint density at radius 2 is 2.05 bits per heavy atom. The average molecular weight is 253 g/mol. The van der Waals surface area contributed by atoms with Crippen LogP contribution in [0.25, 0.3) is 0 Å². The molecule has 2 nitrogen and oxygen atoms in total. The van der Waals surface area contributed by atoms with Crippen molar-refractivity contribution in [2.24, 2.45) is 5.92 Å². The van der Waals surface area contributed by atoms with Crippen LogP contribution in [0, 0.1) is 5.92 Å². The highest BCUT2D eigenvalue weighted by molar-refractivity contribution is 6.03. The zero-order valence-electron chi connectivity index (χ0n) is 11.5. The predicted molar refractivity (Wildman–Crippen MR) is 76.9 cm³/mol. The first-order valence-electron chi connectivity index (χ1n) is 6.83. The number of rotatable bonds is 2. The second kappa shape index (κ2) is 4.37. The number of allylic oxidation sites excluding steroid dienone is 4. The highest BCUT2D eigenvalue weighted by Crippen LogP contribution is 2.44. The number of likely N-dealkylation sites (N-methyl/N-ethyl adjacent to an activating group) is 1. The molecule has 0 spiro atoms. The molecule has 1 aromatic rings. The maximum atomic E-state index is 12.8. The first-order chi connectivity index (χ1) is 9.13. The number of Topliss-reactive ketones (excluding diaryl/α,β-unsaturated/α-hetero) is 1. The molecule has 0 N–H and O–H groups in total. The van der Waals surface area contributed by atoms with Crippen LogP contribution in [0.5, 0.6) is 0 Å². The maximum absolute atomic E-state index is 12.8. The number of likely N-dealkylation sites (tertiary alicyclic amines) is 1. The Kier molecular flexibility index (Phi) is 2.81. The Morgan fingerprint density at radius 1 is 1.32 bits per heavy atom. The zero-order chi connectivity index (χ0) is 13.5. The third kappa shape index (κ3) is 1.83. The van der Waals surface area contributed by atoms with E-state index in [4.69, 9.17) is 0 Å². The normalized spacial score (nSPS) is 29.1. The van der Waals surface area contributed by atoms with E-state index in [0.29, 0.717) is 5.92 Å². The van der Waals surface area contributed by atoms with Crippen LogP contribution in [0.15, 0.2) is 54.3 Å². The lowest BCUT2D eigenvalue weighted by Crippen LogP contribution is -2.45. The fourth-order valence-electron chi connectivity index (χ4n) is 3.29. The second-order valence-electron chi connectivity index (χ2n) is 5.68. The van der Waals surface area contributed by atoms with Crippen LogP contribution in [-0.2, 0) is 0 Å². The summed E-state index contributed by atoms with van der Waals surface area (Å²) in [6, 6.07) is 9.63. The van der Waals surface area contributed by atoms with E-state index in [1.165, 1.54) is 5.70 Å². The summed E-state index contributed by atoms with van der Waals surface area (Å²) < 4.78 is 0. The summed E-state index contributed by atoms with van der Waals surface area (Å²) >= 11 is 0. The van der Waals surface area contributed by atoms with Crippen LogP contribution in [0.3, 0.4) is 0 Å². The van der Waals surface area contributed by atoms with Crippen molar-refractivity contribution in [1.82, 2.24) is 4.90 Å². The maximum Gasteiger partial charge on any atom is 0.188 e. The number of carbonyl (C=O) groups excluding carboxylic acids is 1. The molecule has 2 heteroatoms. The van der Waals surface area contributed by atoms with Crippen molar-refractivity contribution in [2.45, 2.75) is 25.3 Å². The molecule has 1 aliphatic carbocycles. The molecule has 1 aliphatic heterocycles. The van der Waals surface area contributed by atoms with Gasteiger partial charge in [-0.2, -0.15) is 0 Å². The van der Waals surface area contributed by atoms with Crippen LogP contribution in [0.4, 0.5) is 0 Å². The SMILES string of the molecule is CN1C2=CC=CCC2CC1(C)C(=O)c1ccccc1. The molecule has 0 saturated carbocycles. The molecule has 98 valence electrons. The number of fused-ring (bicyclic) bond motifs is 1. The molecule has 2 aliphatic rings. The van der Waals surface area contributed by atoms with Crippen LogP contribution < -0.4 is 0 Å². The number of ketones is 1. The third-order valence-corrected chi connectivity index (χ3v) is 4.54. The molecule has 0 aromatic heterocycles. The molecule has 1 aromatic carbocycles. The highest BCUT2D eigenvalue weighted by Gasteiger charge is 2.47. The summed E-state index contributed by atoms with van der Waals surface area (Å²) in [5.41, 5.74) is 1.70. The molecule has 0 bridgehead atoms. The van der Waals surface area contributed by atoms with Crippen molar-refractivity contribution in [3.8, 4) is 0 Å². The fourth-order valence-corrected chi connectivity index (χ4v) is 3.29. The van der Waals surface area contributed by atoms with Gasteiger partial charge in [0.2, 0.25) is 0 Å². The zero-order valence-corrected chi connectivity index (χ0v) is 11.5. The van der Waals surface area contributed by atoms with E-state index in [1.807, 2.05) is 37.4 Å². The van der Waals surface area contributed by atoms with E-state index in [-0.39, 0.29) is 5.78 Å². The number of hydrogen-bond donors (Lipinski definition) is 0.